The average Bonchev–Trinajstić information content (AvgIpc) is 3.28. The van der Waals surface area contributed by atoms with Gasteiger partial charge in [-0.25, -0.2) is 4.79 Å². The maximum atomic E-state index is 12.7. The second-order valence-electron chi connectivity index (χ2n) is 10.4. The summed E-state index contributed by atoms with van der Waals surface area (Å²) < 4.78 is 39.0. The number of carbonyl (C=O) groups is 2. The summed E-state index contributed by atoms with van der Waals surface area (Å²) in [6.07, 6.45) is 3.01. The number of aldehydes is 1. The molecule has 2 unspecified atom stereocenters. The Morgan fingerprint density at radius 1 is 1.06 bits per heavy atom. The predicted octanol–water partition coefficient (Wildman–Crippen LogP) is 3.85. The molecule has 6 bridgehead atoms. The Morgan fingerprint density at radius 2 is 1.81 bits per heavy atom. The van der Waals surface area contributed by atoms with E-state index in [-0.39, 0.29) is 54.8 Å². The van der Waals surface area contributed by atoms with Gasteiger partial charge >= 0.3 is 5.97 Å². The minimum absolute atomic E-state index is 0.0993. The van der Waals surface area contributed by atoms with Crippen LogP contribution in [0.25, 0.3) is 0 Å². The molecule has 6 saturated heterocycles. The van der Waals surface area contributed by atoms with E-state index in [0.717, 1.165) is 23.6 Å². The summed E-state index contributed by atoms with van der Waals surface area (Å²) >= 11 is 3.42. The van der Waals surface area contributed by atoms with Crippen molar-refractivity contribution >= 4 is 28.2 Å². The number of halogens is 1. The molecule has 0 N–H and O–H groups in total. The number of ether oxygens (including phenoxy) is 6. The first-order chi connectivity index (χ1) is 17.4. The first kappa shape index (κ1) is 24.7. The molecule has 194 valence electrons. The first-order valence-electron chi connectivity index (χ1n) is 12.8. The molecule has 36 heavy (non-hydrogen) atoms. The quantitative estimate of drug-likeness (QED) is 0.331. The summed E-state index contributed by atoms with van der Waals surface area (Å²) in [5.74, 6) is -1.23. The van der Waals surface area contributed by atoms with Crippen LogP contribution in [0.4, 0.5) is 0 Å². The van der Waals surface area contributed by atoms with Gasteiger partial charge in [0.15, 0.2) is 5.79 Å². The Morgan fingerprint density at radius 3 is 2.58 bits per heavy atom. The normalized spacial score (nSPS) is 40.8. The molecule has 6 aliphatic heterocycles. The lowest BCUT2D eigenvalue weighted by Gasteiger charge is -2.47. The third-order valence-electron chi connectivity index (χ3n) is 7.97. The van der Waals surface area contributed by atoms with Gasteiger partial charge in [0.1, 0.15) is 42.9 Å². The fourth-order valence-electron chi connectivity index (χ4n) is 6.38. The monoisotopic (exact) mass is 562 g/mol. The van der Waals surface area contributed by atoms with E-state index in [1.807, 2.05) is 18.2 Å². The second-order valence-corrected chi connectivity index (χ2v) is 11.5. The Kier molecular flexibility index (Phi) is 6.81. The van der Waals surface area contributed by atoms with Gasteiger partial charge in [-0.2, -0.15) is 0 Å². The van der Waals surface area contributed by atoms with Gasteiger partial charge in [-0.15, -0.1) is 0 Å². The summed E-state index contributed by atoms with van der Waals surface area (Å²) in [7, 11) is 0. The van der Waals surface area contributed by atoms with Crippen LogP contribution in [0.5, 0.6) is 0 Å². The van der Waals surface area contributed by atoms with Gasteiger partial charge in [-0.05, 0) is 35.9 Å². The van der Waals surface area contributed by atoms with Crippen LogP contribution >= 0.6 is 15.9 Å². The first-order valence-corrected chi connectivity index (χ1v) is 13.6. The van der Waals surface area contributed by atoms with Crippen molar-refractivity contribution in [1.82, 2.24) is 0 Å². The van der Waals surface area contributed by atoms with E-state index in [1.54, 1.807) is 12.1 Å². The van der Waals surface area contributed by atoms with Crippen molar-refractivity contribution in [3.05, 3.63) is 47.0 Å². The van der Waals surface area contributed by atoms with Crippen molar-refractivity contribution in [3.8, 4) is 0 Å². The number of hydrogen-bond donors (Lipinski definition) is 0. The third-order valence-corrected chi connectivity index (χ3v) is 8.29. The van der Waals surface area contributed by atoms with Gasteiger partial charge in [0.2, 0.25) is 0 Å². The van der Waals surface area contributed by atoms with Crippen molar-refractivity contribution < 1.29 is 38.0 Å². The van der Waals surface area contributed by atoms with Crippen molar-refractivity contribution in [2.45, 2.75) is 106 Å². The summed E-state index contributed by atoms with van der Waals surface area (Å²) in [5.41, 5.74) is 0.509. The van der Waals surface area contributed by atoms with Crippen molar-refractivity contribution in [3.63, 3.8) is 0 Å². The van der Waals surface area contributed by atoms with E-state index in [4.69, 9.17) is 28.4 Å². The number of fused-ring (bicyclic) bond motifs is 1. The van der Waals surface area contributed by atoms with Crippen LogP contribution in [-0.2, 0) is 33.2 Å². The van der Waals surface area contributed by atoms with E-state index < -0.39 is 11.9 Å². The molecule has 0 aliphatic carbocycles. The molecular weight excluding hydrogens is 532 g/mol. The maximum absolute atomic E-state index is 12.7. The molecular formula is C27H31BrO8. The topological polar surface area (TPSA) is 89.5 Å². The van der Waals surface area contributed by atoms with Gasteiger partial charge in [0.05, 0.1) is 23.9 Å². The summed E-state index contributed by atoms with van der Waals surface area (Å²) in [6, 6.07) is 8.96. The zero-order chi connectivity index (χ0) is 24.9. The number of benzene rings is 1. The van der Waals surface area contributed by atoms with Crippen LogP contribution in [0.3, 0.4) is 0 Å². The molecule has 6 heterocycles. The van der Waals surface area contributed by atoms with Crippen LogP contribution in [0.2, 0.25) is 0 Å². The lowest BCUT2D eigenvalue weighted by molar-refractivity contribution is -0.292. The average molecular weight is 563 g/mol. The molecule has 0 saturated carbocycles. The number of hydrogen-bond acceptors (Lipinski definition) is 8. The smallest absolute Gasteiger partial charge is 0.338 e. The van der Waals surface area contributed by atoms with Gasteiger partial charge in [0.25, 0.3) is 0 Å². The standard InChI is InChI=1S/C27H31BrO8/c1-15(28)13-18(32-26(30)16-5-3-2-4-6-16)9-11-27-14-20-22(35-27)23-24(34-20)25(36-27)21-19(33-23)8-7-17(31-21)10-12-29/h2-6,12,17-25H,1,7-11,13-14H2/t17-,18-,19+,20?,21?,22+,23+,24-,25+,27+/m1/s1. The fourth-order valence-corrected chi connectivity index (χ4v) is 6.74. The van der Waals surface area contributed by atoms with E-state index in [2.05, 4.69) is 22.5 Å². The molecule has 10 atom stereocenters. The van der Waals surface area contributed by atoms with E-state index in [1.165, 1.54) is 0 Å². The highest BCUT2D eigenvalue weighted by Gasteiger charge is 2.68. The Bertz CT molecular complexity index is 1000. The van der Waals surface area contributed by atoms with Gasteiger partial charge in [0, 0.05) is 25.7 Å². The molecule has 8 nitrogen and oxygen atoms in total. The predicted molar refractivity (Wildman–Crippen MR) is 131 cm³/mol. The summed E-state index contributed by atoms with van der Waals surface area (Å²) in [4.78, 5) is 23.8. The molecule has 7 rings (SSSR count). The molecule has 0 radical (unpaired) electrons. The molecule has 1 aromatic rings. The SMILES string of the molecule is C=C(Br)C[C@@H](CC[C@@]12CC3O[C@@H]4[C@@H](O[C@H]5CC[C@H](CC=O)OC5[C@@H]4O1)[C@H]3O2)OC(=O)c1ccccc1. The lowest BCUT2D eigenvalue weighted by atomic mass is 9.87. The zero-order valence-corrected chi connectivity index (χ0v) is 21.5. The van der Waals surface area contributed by atoms with E-state index in [9.17, 15) is 9.59 Å². The number of carbonyl (C=O) groups excluding carboxylic acids is 2. The highest BCUT2D eigenvalue weighted by Crippen LogP contribution is 2.54. The number of esters is 1. The van der Waals surface area contributed by atoms with Gasteiger partial charge in [-0.3, -0.25) is 0 Å². The van der Waals surface area contributed by atoms with Crippen LogP contribution in [-0.4, -0.2) is 73.0 Å². The molecule has 6 fully saturated rings. The zero-order valence-electron chi connectivity index (χ0n) is 20.0. The molecule has 0 spiro atoms. The minimum atomic E-state index is -0.867. The summed E-state index contributed by atoms with van der Waals surface area (Å²) in [6.45, 7) is 3.94. The lowest BCUT2D eigenvalue weighted by Crippen LogP contribution is -2.61. The van der Waals surface area contributed by atoms with Crippen molar-refractivity contribution in [1.29, 1.82) is 0 Å². The van der Waals surface area contributed by atoms with E-state index >= 15 is 0 Å². The largest absolute Gasteiger partial charge is 0.458 e. The molecule has 0 amide bonds. The van der Waals surface area contributed by atoms with Crippen molar-refractivity contribution in [2.75, 3.05) is 0 Å². The van der Waals surface area contributed by atoms with Crippen LogP contribution in [0, 0.1) is 0 Å². The third kappa shape index (κ3) is 4.59. The molecule has 1 aromatic carbocycles. The van der Waals surface area contributed by atoms with Crippen LogP contribution in [0.15, 0.2) is 41.4 Å². The van der Waals surface area contributed by atoms with Crippen LogP contribution in [0.1, 0.15) is 55.3 Å². The Balaban J connectivity index is 1.18. The second kappa shape index (κ2) is 9.93. The maximum Gasteiger partial charge on any atom is 0.338 e. The molecule has 0 aromatic heterocycles. The highest BCUT2D eigenvalue weighted by molar-refractivity contribution is 9.11. The molecule has 9 heteroatoms. The van der Waals surface area contributed by atoms with Gasteiger partial charge in [-0.1, -0.05) is 40.7 Å². The Labute approximate surface area is 218 Å². The van der Waals surface area contributed by atoms with Crippen LogP contribution < -0.4 is 0 Å². The Hall–Kier alpha value is -1.62. The molecule has 6 aliphatic rings. The van der Waals surface area contributed by atoms with Gasteiger partial charge < -0.3 is 33.2 Å². The highest BCUT2D eigenvalue weighted by atomic mass is 79.9. The minimum Gasteiger partial charge on any atom is -0.458 e. The fraction of sp³-hybridized carbons (Fsp3) is 0.630. The van der Waals surface area contributed by atoms with Crippen molar-refractivity contribution in [2.24, 2.45) is 0 Å². The van der Waals surface area contributed by atoms with E-state index in [0.29, 0.717) is 37.7 Å². The number of rotatable bonds is 9. The summed E-state index contributed by atoms with van der Waals surface area (Å²) in [5, 5.41) is 0.